The summed E-state index contributed by atoms with van der Waals surface area (Å²) in [5, 5.41) is 8.78. The van der Waals surface area contributed by atoms with Gasteiger partial charge in [0, 0.05) is 13.1 Å². The van der Waals surface area contributed by atoms with Crippen LogP contribution >= 0.6 is 0 Å². The van der Waals surface area contributed by atoms with Crippen LogP contribution in [0.1, 0.15) is 18.4 Å². The van der Waals surface area contributed by atoms with Crippen molar-refractivity contribution in [3.63, 3.8) is 0 Å². The summed E-state index contributed by atoms with van der Waals surface area (Å²) in [6.07, 6.45) is -4.29. The van der Waals surface area contributed by atoms with Crippen LogP contribution in [0.3, 0.4) is 0 Å². The van der Waals surface area contributed by atoms with Gasteiger partial charge in [-0.25, -0.2) is 8.42 Å². The molecule has 114 valence electrons. The highest BCUT2D eigenvalue weighted by Gasteiger charge is 2.44. The van der Waals surface area contributed by atoms with Gasteiger partial charge in [-0.1, -0.05) is 6.07 Å². The summed E-state index contributed by atoms with van der Waals surface area (Å²) >= 11 is 0. The number of hydrogen-bond donors (Lipinski definition) is 0. The Labute approximate surface area is 120 Å². The monoisotopic (exact) mass is 318 g/mol. The predicted octanol–water partition coefficient (Wildman–Crippen LogP) is 2.52. The van der Waals surface area contributed by atoms with Gasteiger partial charge >= 0.3 is 6.18 Å². The standard InChI is InChI=1S/C13H13F3N2O2S/c14-13(15,16)11-4-2-6-18(9-11)21(19,20)12-5-1-3-10(7-12)8-17/h1,3,5,7,11H,2,4,6,9H2. The minimum absolute atomic E-state index is 0.0612. The summed E-state index contributed by atoms with van der Waals surface area (Å²) < 4.78 is 63.9. The topological polar surface area (TPSA) is 61.2 Å². The van der Waals surface area contributed by atoms with Crippen LogP contribution in [0.5, 0.6) is 0 Å². The van der Waals surface area contributed by atoms with E-state index in [1.807, 2.05) is 6.07 Å². The average Bonchev–Trinajstić information content (AvgIpc) is 2.46. The molecule has 0 amide bonds. The molecule has 1 aromatic rings. The Morgan fingerprint density at radius 3 is 2.67 bits per heavy atom. The van der Waals surface area contributed by atoms with E-state index in [0.717, 1.165) is 4.31 Å². The van der Waals surface area contributed by atoms with Crippen LogP contribution in [0.15, 0.2) is 29.2 Å². The molecule has 1 saturated heterocycles. The van der Waals surface area contributed by atoms with Crippen LogP contribution < -0.4 is 0 Å². The SMILES string of the molecule is N#Cc1cccc(S(=O)(=O)N2CCCC(C(F)(F)F)C2)c1. The first-order valence-corrected chi connectivity index (χ1v) is 7.76. The number of hydrogen-bond acceptors (Lipinski definition) is 3. The highest BCUT2D eigenvalue weighted by molar-refractivity contribution is 7.89. The minimum atomic E-state index is -4.40. The molecule has 0 bridgehead atoms. The number of nitriles is 1. The number of rotatable bonds is 2. The Morgan fingerprint density at radius 2 is 2.05 bits per heavy atom. The van der Waals surface area contributed by atoms with Gasteiger partial charge in [0.2, 0.25) is 10.0 Å². The van der Waals surface area contributed by atoms with Crippen molar-refractivity contribution in [1.29, 1.82) is 5.26 Å². The van der Waals surface area contributed by atoms with Gasteiger partial charge in [-0.15, -0.1) is 0 Å². The maximum atomic E-state index is 12.8. The van der Waals surface area contributed by atoms with Crippen molar-refractivity contribution in [2.75, 3.05) is 13.1 Å². The zero-order chi connectivity index (χ0) is 15.7. The number of nitrogens with zero attached hydrogens (tertiary/aromatic N) is 2. The lowest BCUT2D eigenvalue weighted by molar-refractivity contribution is -0.182. The van der Waals surface area contributed by atoms with Crippen molar-refractivity contribution in [1.82, 2.24) is 4.31 Å². The predicted molar refractivity (Wildman–Crippen MR) is 68.7 cm³/mol. The van der Waals surface area contributed by atoms with Crippen LogP contribution in [0.4, 0.5) is 13.2 Å². The molecule has 1 heterocycles. The van der Waals surface area contributed by atoms with E-state index in [0.29, 0.717) is 0 Å². The Bertz CT molecular complexity index is 665. The molecule has 0 radical (unpaired) electrons. The number of benzene rings is 1. The lowest BCUT2D eigenvalue weighted by Crippen LogP contribution is -2.44. The molecule has 1 fully saturated rings. The van der Waals surface area contributed by atoms with E-state index >= 15 is 0 Å². The van der Waals surface area contributed by atoms with E-state index in [1.54, 1.807) is 0 Å². The van der Waals surface area contributed by atoms with Crippen molar-refractivity contribution in [3.05, 3.63) is 29.8 Å². The molecule has 1 aliphatic rings. The van der Waals surface area contributed by atoms with Crippen LogP contribution in [0.2, 0.25) is 0 Å². The maximum absolute atomic E-state index is 12.8. The molecule has 2 rings (SSSR count). The third kappa shape index (κ3) is 3.36. The fraction of sp³-hybridized carbons (Fsp3) is 0.462. The third-order valence-electron chi connectivity index (χ3n) is 3.45. The molecule has 21 heavy (non-hydrogen) atoms. The second kappa shape index (κ2) is 5.66. The van der Waals surface area contributed by atoms with Crippen molar-refractivity contribution in [2.45, 2.75) is 23.9 Å². The van der Waals surface area contributed by atoms with E-state index < -0.39 is 28.7 Å². The summed E-state index contributed by atoms with van der Waals surface area (Å²) in [5.41, 5.74) is 0.153. The van der Waals surface area contributed by atoms with Gasteiger partial charge in [0.25, 0.3) is 0 Å². The highest BCUT2D eigenvalue weighted by atomic mass is 32.2. The molecule has 4 nitrogen and oxygen atoms in total. The largest absolute Gasteiger partial charge is 0.393 e. The molecule has 0 aromatic heterocycles. The van der Waals surface area contributed by atoms with Crippen molar-refractivity contribution in [2.24, 2.45) is 5.92 Å². The van der Waals surface area contributed by atoms with E-state index in [9.17, 15) is 21.6 Å². The molecule has 1 aliphatic heterocycles. The van der Waals surface area contributed by atoms with Gasteiger partial charge < -0.3 is 0 Å². The number of piperidine rings is 1. The van der Waals surface area contributed by atoms with E-state index in [4.69, 9.17) is 5.26 Å². The molecular formula is C13H13F3N2O2S. The van der Waals surface area contributed by atoms with E-state index in [2.05, 4.69) is 0 Å². The fourth-order valence-corrected chi connectivity index (χ4v) is 3.87. The Balaban J connectivity index is 2.29. The summed E-state index contributed by atoms with van der Waals surface area (Å²) in [6, 6.07) is 7.11. The first-order chi connectivity index (χ1) is 9.75. The molecule has 1 unspecified atom stereocenters. The van der Waals surface area contributed by atoms with E-state index in [1.165, 1.54) is 24.3 Å². The summed E-state index contributed by atoms with van der Waals surface area (Å²) in [7, 11) is -4.01. The quantitative estimate of drug-likeness (QED) is 0.842. The maximum Gasteiger partial charge on any atom is 0.393 e. The lowest BCUT2D eigenvalue weighted by Gasteiger charge is -2.32. The molecule has 0 aliphatic carbocycles. The summed E-state index contributed by atoms with van der Waals surface area (Å²) in [6.45, 7) is -0.506. The third-order valence-corrected chi connectivity index (χ3v) is 5.31. The fourth-order valence-electron chi connectivity index (χ4n) is 2.30. The lowest BCUT2D eigenvalue weighted by atomic mass is 9.99. The number of halogens is 3. The molecule has 0 N–H and O–H groups in total. The van der Waals surface area contributed by atoms with Gasteiger partial charge in [0.15, 0.2) is 0 Å². The number of alkyl halides is 3. The Morgan fingerprint density at radius 1 is 1.33 bits per heavy atom. The molecule has 0 saturated carbocycles. The Hall–Kier alpha value is -1.59. The normalized spacial score (nSPS) is 21.0. The first kappa shape index (κ1) is 15.8. The van der Waals surface area contributed by atoms with Crippen LogP contribution in [0.25, 0.3) is 0 Å². The van der Waals surface area contributed by atoms with Crippen molar-refractivity contribution in [3.8, 4) is 6.07 Å². The molecule has 1 aromatic carbocycles. The smallest absolute Gasteiger partial charge is 0.207 e. The van der Waals surface area contributed by atoms with Crippen LogP contribution in [-0.2, 0) is 10.0 Å². The zero-order valence-electron chi connectivity index (χ0n) is 11.0. The first-order valence-electron chi connectivity index (χ1n) is 6.32. The van der Waals surface area contributed by atoms with Gasteiger partial charge in [0.05, 0.1) is 22.4 Å². The minimum Gasteiger partial charge on any atom is -0.207 e. The highest BCUT2D eigenvalue weighted by Crippen LogP contribution is 2.34. The van der Waals surface area contributed by atoms with Gasteiger partial charge in [-0.05, 0) is 31.0 Å². The molecular weight excluding hydrogens is 305 g/mol. The Kier molecular flexibility index (Phi) is 4.25. The van der Waals surface area contributed by atoms with Crippen molar-refractivity contribution < 1.29 is 21.6 Å². The second-order valence-electron chi connectivity index (χ2n) is 4.88. The average molecular weight is 318 g/mol. The van der Waals surface area contributed by atoms with Crippen molar-refractivity contribution >= 4 is 10.0 Å². The molecule has 0 spiro atoms. The number of sulfonamides is 1. The van der Waals surface area contributed by atoms with Gasteiger partial charge in [-0.3, -0.25) is 0 Å². The molecule has 8 heteroatoms. The zero-order valence-corrected chi connectivity index (χ0v) is 11.8. The summed E-state index contributed by atoms with van der Waals surface area (Å²) in [4.78, 5) is -0.149. The molecule has 1 atom stereocenters. The van der Waals surface area contributed by atoms with Crippen LogP contribution in [0, 0.1) is 17.2 Å². The van der Waals surface area contributed by atoms with E-state index in [-0.39, 0.29) is 29.8 Å². The van der Waals surface area contributed by atoms with Crippen LogP contribution in [-0.4, -0.2) is 32.0 Å². The second-order valence-corrected chi connectivity index (χ2v) is 6.82. The van der Waals surface area contributed by atoms with Gasteiger partial charge in [0.1, 0.15) is 0 Å². The van der Waals surface area contributed by atoms with Gasteiger partial charge in [-0.2, -0.15) is 22.7 Å². The summed E-state index contributed by atoms with van der Waals surface area (Å²) in [5.74, 6) is -1.64.